The van der Waals surface area contributed by atoms with Gasteiger partial charge in [0.25, 0.3) is 0 Å². The molecule has 8 heavy (non-hydrogen) atoms. The molecule has 0 bridgehead atoms. The van der Waals surface area contributed by atoms with E-state index in [0.29, 0.717) is 0 Å². The summed E-state index contributed by atoms with van der Waals surface area (Å²) in [5, 5.41) is 8.32. The molecule has 2 nitrogen and oxygen atoms in total. The van der Waals surface area contributed by atoms with Crippen molar-refractivity contribution >= 4 is 0 Å². The maximum Gasteiger partial charge on any atom is 0.0697 e. The Bertz CT molecular complexity index is 93.7. The average molecular weight is 120 g/mol. The second-order valence-corrected chi connectivity index (χ2v) is 1.84. The van der Waals surface area contributed by atoms with Gasteiger partial charge in [0.1, 0.15) is 0 Å². The van der Waals surface area contributed by atoms with Crippen molar-refractivity contribution in [2.24, 2.45) is 5.92 Å². The molecule has 50 valence electrons. The summed E-state index contributed by atoms with van der Waals surface area (Å²) in [6.07, 6.45) is 0. The highest BCUT2D eigenvalue weighted by Crippen LogP contribution is 1.90. The van der Waals surface area contributed by atoms with Crippen LogP contribution in [0.15, 0.2) is 0 Å². The molecule has 0 saturated heterocycles. The van der Waals surface area contributed by atoms with Crippen LogP contribution in [0.1, 0.15) is 16.6 Å². The Morgan fingerprint density at radius 2 is 2.38 bits per heavy atom. The molecule has 0 atom stereocenters. The zero-order chi connectivity index (χ0) is 8.20. The molecule has 0 heterocycles. The molecule has 0 aliphatic heterocycles. The molecule has 0 aromatic heterocycles. The first-order valence-corrected chi connectivity index (χ1v) is 2.75. The highest BCUT2D eigenvalue weighted by Gasteiger charge is 1.90. The largest absolute Gasteiger partial charge is 0.394 e. The molecule has 0 aliphatic carbocycles. The van der Waals surface area contributed by atoms with Crippen molar-refractivity contribution < 1.29 is 12.6 Å². The zero-order valence-electron chi connectivity index (χ0n) is 7.35. The number of hydrogen-bond acceptors (Lipinski definition) is 2. The van der Waals surface area contributed by atoms with Crippen LogP contribution in [0.5, 0.6) is 0 Å². The molecule has 0 aromatic carbocycles. The summed E-state index contributed by atoms with van der Waals surface area (Å²) in [6, 6.07) is 0. The molecule has 0 aliphatic rings. The van der Waals surface area contributed by atoms with E-state index < -0.39 is 6.56 Å². The van der Waals surface area contributed by atoms with E-state index >= 15 is 0 Å². The number of ether oxygens (including phenoxy) is 1. The van der Waals surface area contributed by atoms with Crippen LogP contribution in [0.3, 0.4) is 0 Å². The molecular weight excluding hydrogens is 104 g/mol. The van der Waals surface area contributed by atoms with Crippen LogP contribution in [-0.2, 0) is 4.74 Å². The third-order valence-electron chi connectivity index (χ3n) is 0.512. The Hall–Kier alpha value is -0.0800. The first-order valence-electron chi connectivity index (χ1n) is 3.75. The Morgan fingerprint density at radius 1 is 1.75 bits per heavy atom. The molecule has 0 radical (unpaired) electrons. The van der Waals surface area contributed by atoms with Gasteiger partial charge in [-0.05, 0) is 5.92 Å². The zero-order valence-corrected chi connectivity index (χ0v) is 5.35. The number of aliphatic hydroxyl groups is 1. The summed E-state index contributed by atoms with van der Waals surface area (Å²) in [5.74, 6) is -0.181. The molecule has 0 fully saturated rings. The van der Waals surface area contributed by atoms with Gasteiger partial charge < -0.3 is 9.84 Å². The molecule has 0 rings (SSSR count). The van der Waals surface area contributed by atoms with Crippen molar-refractivity contribution in [3.05, 3.63) is 0 Å². The lowest BCUT2D eigenvalue weighted by atomic mass is 10.2. The van der Waals surface area contributed by atoms with Gasteiger partial charge in [-0.15, -0.1) is 0 Å². The molecule has 0 amide bonds. The predicted molar refractivity (Wildman–Crippen MR) is 32.7 cm³/mol. The predicted octanol–water partition coefficient (Wildman–Crippen LogP) is 0.651. The lowest BCUT2D eigenvalue weighted by Gasteiger charge is -2.03. The molecule has 1 N–H and O–H groups in total. The fraction of sp³-hybridized carbons (Fsp3) is 1.00. The Balaban J connectivity index is 3.63. The summed E-state index contributed by atoms with van der Waals surface area (Å²) >= 11 is 0. The Morgan fingerprint density at radius 3 is 2.75 bits per heavy atom. The van der Waals surface area contributed by atoms with Crippen LogP contribution in [-0.4, -0.2) is 24.9 Å². The lowest BCUT2D eigenvalue weighted by Crippen LogP contribution is -2.05. The molecule has 0 saturated carbocycles. The van der Waals surface area contributed by atoms with Gasteiger partial charge in [0.05, 0.1) is 16.0 Å². The minimum absolute atomic E-state index is 0.0607. The van der Waals surface area contributed by atoms with E-state index in [0.717, 1.165) is 0 Å². The van der Waals surface area contributed by atoms with Gasteiger partial charge in [0, 0.05) is 6.56 Å². The third-order valence-corrected chi connectivity index (χ3v) is 0.512. The van der Waals surface area contributed by atoms with Crippen molar-refractivity contribution in [3.8, 4) is 0 Å². The lowest BCUT2D eigenvalue weighted by molar-refractivity contribution is 0.0752. The summed E-state index contributed by atoms with van der Waals surface area (Å²) in [5.41, 5.74) is 0. The molecule has 0 spiro atoms. The van der Waals surface area contributed by atoms with Crippen molar-refractivity contribution in [1.82, 2.24) is 0 Å². The van der Waals surface area contributed by atoms with E-state index in [1.807, 2.05) is 0 Å². The highest BCUT2D eigenvalue weighted by atomic mass is 16.5. The van der Waals surface area contributed by atoms with E-state index in [2.05, 4.69) is 0 Å². The topological polar surface area (TPSA) is 29.5 Å². The van der Waals surface area contributed by atoms with Crippen LogP contribution in [0.2, 0.25) is 0 Å². The smallest absolute Gasteiger partial charge is 0.0697 e. The van der Waals surface area contributed by atoms with Crippen LogP contribution in [0.25, 0.3) is 0 Å². The normalized spacial score (nSPS) is 16.0. The standard InChI is InChI=1S/C6H14O2/c1-6(2)5-8-4-3-7/h6-7H,3-5H2,1-2H3/i5D2. The summed E-state index contributed by atoms with van der Waals surface area (Å²) in [7, 11) is 0. The average Bonchev–Trinajstić information content (AvgIpc) is 1.84. The summed E-state index contributed by atoms with van der Waals surface area (Å²) < 4.78 is 19.2. The number of aliphatic hydroxyl groups excluding tert-OH is 1. The molecule has 0 unspecified atom stereocenters. The van der Waals surface area contributed by atoms with E-state index in [-0.39, 0.29) is 19.1 Å². The maximum absolute atomic E-state index is 8.32. The molecular formula is C6H14O2. The van der Waals surface area contributed by atoms with Gasteiger partial charge in [-0.2, -0.15) is 0 Å². The van der Waals surface area contributed by atoms with Gasteiger partial charge in [-0.3, -0.25) is 0 Å². The minimum Gasteiger partial charge on any atom is -0.394 e. The third kappa shape index (κ3) is 5.92. The maximum atomic E-state index is 8.32. The van der Waals surface area contributed by atoms with Crippen LogP contribution in [0, 0.1) is 5.92 Å². The van der Waals surface area contributed by atoms with Crippen LogP contribution < -0.4 is 0 Å². The van der Waals surface area contributed by atoms with Crippen LogP contribution in [0.4, 0.5) is 0 Å². The van der Waals surface area contributed by atoms with E-state index in [1.165, 1.54) is 0 Å². The minimum atomic E-state index is -1.61. The van der Waals surface area contributed by atoms with Gasteiger partial charge in [-0.1, -0.05) is 13.8 Å². The van der Waals surface area contributed by atoms with Gasteiger partial charge in [0.2, 0.25) is 0 Å². The summed E-state index contributed by atoms with van der Waals surface area (Å²) in [6.45, 7) is 1.79. The van der Waals surface area contributed by atoms with Gasteiger partial charge in [-0.25, -0.2) is 0 Å². The Labute approximate surface area is 53.3 Å². The van der Waals surface area contributed by atoms with E-state index in [9.17, 15) is 0 Å². The fourth-order valence-electron chi connectivity index (χ4n) is 0.271. The summed E-state index contributed by atoms with van der Waals surface area (Å²) in [4.78, 5) is 0. The Kier molecular flexibility index (Phi) is 3.02. The first-order chi connectivity index (χ1) is 4.50. The van der Waals surface area contributed by atoms with Crippen molar-refractivity contribution in [1.29, 1.82) is 0 Å². The van der Waals surface area contributed by atoms with Crippen molar-refractivity contribution in [3.63, 3.8) is 0 Å². The monoisotopic (exact) mass is 120 g/mol. The van der Waals surface area contributed by atoms with Crippen molar-refractivity contribution in [2.45, 2.75) is 13.8 Å². The van der Waals surface area contributed by atoms with Crippen molar-refractivity contribution in [2.75, 3.05) is 19.8 Å². The van der Waals surface area contributed by atoms with E-state index in [4.69, 9.17) is 12.6 Å². The van der Waals surface area contributed by atoms with Gasteiger partial charge >= 0.3 is 0 Å². The highest BCUT2D eigenvalue weighted by molar-refractivity contribution is 4.38. The first kappa shape index (κ1) is 4.77. The second kappa shape index (κ2) is 5.06. The fourth-order valence-corrected chi connectivity index (χ4v) is 0.271. The second-order valence-electron chi connectivity index (χ2n) is 1.84. The van der Waals surface area contributed by atoms with Crippen LogP contribution >= 0.6 is 0 Å². The quantitative estimate of drug-likeness (QED) is 0.590. The molecule has 0 aromatic rings. The number of hydrogen-bond donors (Lipinski definition) is 1. The van der Waals surface area contributed by atoms with Gasteiger partial charge in [0.15, 0.2) is 0 Å². The SMILES string of the molecule is [2H]C([2H])(OCCO)C(C)C. The molecule has 2 heteroatoms. The number of rotatable bonds is 4. The van der Waals surface area contributed by atoms with E-state index in [1.54, 1.807) is 13.8 Å².